The number of nitrogens with zero attached hydrogens (tertiary/aromatic N) is 1. The van der Waals surface area contributed by atoms with E-state index in [-0.39, 0.29) is 0 Å². The Morgan fingerprint density at radius 1 is 0.618 bits per heavy atom. The first-order chi connectivity index (χ1) is 16.8. The Morgan fingerprint density at radius 3 is 1.59 bits per heavy atom. The highest BCUT2D eigenvalue weighted by atomic mass is 15.1. The first-order valence-corrected chi connectivity index (χ1v) is 12.8. The SMILES string of the molecule is NCCN(CCB(C1=CCCC=C1)c1ccccc1)CCB(c1ccccc1)c1ccccc1. The Kier molecular flexibility index (Phi) is 9.42. The molecule has 0 radical (unpaired) electrons. The maximum Gasteiger partial charge on any atom is 0.210 e. The summed E-state index contributed by atoms with van der Waals surface area (Å²) in [6.07, 6.45) is 11.6. The monoisotopic (exact) mass is 446 g/mol. The molecule has 0 fully saturated rings. The zero-order chi connectivity index (χ0) is 23.4. The van der Waals surface area contributed by atoms with Gasteiger partial charge in [0.25, 0.3) is 0 Å². The predicted molar refractivity (Wildman–Crippen MR) is 151 cm³/mol. The van der Waals surface area contributed by atoms with Crippen molar-refractivity contribution in [2.45, 2.75) is 25.5 Å². The third kappa shape index (κ3) is 6.85. The van der Waals surface area contributed by atoms with E-state index in [2.05, 4.69) is 114 Å². The third-order valence-electron chi connectivity index (χ3n) is 6.95. The van der Waals surface area contributed by atoms with Crippen LogP contribution in [0.25, 0.3) is 0 Å². The summed E-state index contributed by atoms with van der Waals surface area (Å²) >= 11 is 0. The van der Waals surface area contributed by atoms with Crippen molar-refractivity contribution in [2.75, 3.05) is 26.2 Å². The van der Waals surface area contributed by atoms with Crippen molar-refractivity contribution in [1.82, 2.24) is 4.90 Å². The van der Waals surface area contributed by atoms with Crippen LogP contribution in [0, 0.1) is 0 Å². The summed E-state index contributed by atoms with van der Waals surface area (Å²) in [5.74, 6) is 0. The number of hydrogen-bond acceptors (Lipinski definition) is 2. The largest absolute Gasteiger partial charge is 0.329 e. The standard InChI is InChI=1S/C30H36B2N2/c33-23-26-34(24-21-31(27-13-5-1-6-14-27)28-15-7-2-8-16-28)25-22-32(29-17-9-3-10-18-29)30-19-11-4-12-20-30/h1-3,5-11,13-20H,4,12,21-26,33H2. The van der Waals surface area contributed by atoms with Crippen LogP contribution in [0.5, 0.6) is 0 Å². The fourth-order valence-electron chi connectivity index (χ4n) is 5.14. The summed E-state index contributed by atoms with van der Waals surface area (Å²) in [7, 11) is 0. The highest BCUT2D eigenvalue weighted by Crippen LogP contribution is 2.16. The van der Waals surface area contributed by atoms with Crippen LogP contribution in [0.15, 0.2) is 115 Å². The van der Waals surface area contributed by atoms with Gasteiger partial charge in [0.15, 0.2) is 0 Å². The Morgan fingerprint density at radius 2 is 1.12 bits per heavy atom. The van der Waals surface area contributed by atoms with Gasteiger partial charge in [0.05, 0.1) is 0 Å². The molecule has 0 amide bonds. The molecular weight excluding hydrogens is 410 g/mol. The molecule has 0 heterocycles. The maximum absolute atomic E-state index is 6.05. The zero-order valence-electron chi connectivity index (χ0n) is 20.2. The third-order valence-corrected chi connectivity index (χ3v) is 6.95. The number of rotatable bonds is 12. The van der Waals surface area contributed by atoms with Crippen molar-refractivity contribution in [1.29, 1.82) is 0 Å². The minimum Gasteiger partial charge on any atom is -0.329 e. The van der Waals surface area contributed by atoms with E-state index in [1.165, 1.54) is 21.9 Å². The number of benzene rings is 3. The summed E-state index contributed by atoms with van der Waals surface area (Å²) in [6, 6.07) is 32.9. The zero-order valence-corrected chi connectivity index (χ0v) is 20.2. The van der Waals surface area contributed by atoms with Gasteiger partial charge in [-0.2, -0.15) is 0 Å². The summed E-state index contributed by atoms with van der Waals surface area (Å²) in [5.41, 5.74) is 11.7. The van der Waals surface area contributed by atoms with E-state index in [1.807, 2.05) is 0 Å². The average Bonchev–Trinajstić information content (AvgIpc) is 2.91. The van der Waals surface area contributed by atoms with Gasteiger partial charge in [0.1, 0.15) is 0 Å². The molecule has 1 aliphatic rings. The molecule has 0 saturated heterocycles. The molecule has 2 nitrogen and oxygen atoms in total. The van der Waals surface area contributed by atoms with Crippen LogP contribution in [0.3, 0.4) is 0 Å². The van der Waals surface area contributed by atoms with Crippen LogP contribution in [-0.4, -0.2) is 44.5 Å². The molecule has 0 aliphatic heterocycles. The van der Waals surface area contributed by atoms with Crippen LogP contribution in [0.2, 0.25) is 12.6 Å². The molecule has 3 aromatic carbocycles. The second-order valence-corrected chi connectivity index (χ2v) is 9.23. The Bertz CT molecular complexity index is 996. The number of nitrogens with two attached hydrogens (primary N) is 1. The van der Waals surface area contributed by atoms with E-state index in [4.69, 9.17) is 5.73 Å². The summed E-state index contributed by atoms with van der Waals surface area (Å²) in [5, 5.41) is 0. The lowest BCUT2D eigenvalue weighted by atomic mass is 9.37. The van der Waals surface area contributed by atoms with E-state index in [0.717, 1.165) is 45.1 Å². The van der Waals surface area contributed by atoms with Crippen LogP contribution in [0.4, 0.5) is 0 Å². The van der Waals surface area contributed by atoms with Gasteiger partial charge in [-0.3, -0.25) is 0 Å². The van der Waals surface area contributed by atoms with Gasteiger partial charge in [-0.05, 0) is 25.9 Å². The van der Waals surface area contributed by atoms with Crippen molar-refractivity contribution in [3.63, 3.8) is 0 Å². The molecule has 0 spiro atoms. The fourth-order valence-corrected chi connectivity index (χ4v) is 5.14. The Balaban J connectivity index is 1.46. The van der Waals surface area contributed by atoms with Gasteiger partial charge in [0, 0.05) is 13.1 Å². The van der Waals surface area contributed by atoms with Gasteiger partial charge >= 0.3 is 0 Å². The van der Waals surface area contributed by atoms with E-state index < -0.39 is 0 Å². The molecule has 0 atom stereocenters. The molecule has 0 unspecified atom stereocenters. The normalized spacial score (nSPS) is 13.1. The highest BCUT2D eigenvalue weighted by Gasteiger charge is 2.23. The van der Waals surface area contributed by atoms with Gasteiger partial charge in [0.2, 0.25) is 13.4 Å². The van der Waals surface area contributed by atoms with E-state index in [1.54, 1.807) is 0 Å². The van der Waals surface area contributed by atoms with Crippen molar-refractivity contribution < 1.29 is 0 Å². The van der Waals surface area contributed by atoms with Crippen molar-refractivity contribution in [3.8, 4) is 0 Å². The van der Waals surface area contributed by atoms with E-state index in [0.29, 0.717) is 20.0 Å². The molecule has 1 aliphatic carbocycles. The first-order valence-electron chi connectivity index (χ1n) is 12.8. The molecule has 4 rings (SSSR count). The van der Waals surface area contributed by atoms with Gasteiger partial charge in [-0.1, -0.05) is 144 Å². The van der Waals surface area contributed by atoms with Crippen LogP contribution in [0.1, 0.15) is 12.8 Å². The lowest BCUT2D eigenvalue weighted by molar-refractivity contribution is 0.311. The lowest BCUT2D eigenvalue weighted by Gasteiger charge is -2.26. The minimum absolute atomic E-state index is 0.400. The molecule has 172 valence electrons. The van der Waals surface area contributed by atoms with Crippen molar-refractivity contribution >= 4 is 29.8 Å². The highest BCUT2D eigenvalue weighted by molar-refractivity contribution is 6.85. The van der Waals surface area contributed by atoms with Crippen molar-refractivity contribution in [3.05, 3.63) is 115 Å². The summed E-state index contributed by atoms with van der Waals surface area (Å²) in [4.78, 5) is 2.57. The molecule has 0 saturated carbocycles. The van der Waals surface area contributed by atoms with Crippen molar-refractivity contribution in [2.24, 2.45) is 5.73 Å². The van der Waals surface area contributed by atoms with Crippen LogP contribution >= 0.6 is 0 Å². The van der Waals surface area contributed by atoms with Gasteiger partial charge in [-0.25, -0.2) is 0 Å². The number of allylic oxidation sites excluding steroid dienone is 4. The lowest BCUT2D eigenvalue weighted by Crippen LogP contribution is -2.45. The fraction of sp³-hybridized carbons (Fsp3) is 0.267. The molecule has 34 heavy (non-hydrogen) atoms. The quantitative estimate of drug-likeness (QED) is 0.430. The topological polar surface area (TPSA) is 29.3 Å². The van der Waals surface area contributed by atoms with Gasteiger partial charge in [-0.15, -0.1) is 0 Å². The van der Waals surface area contributed by atoms with E-state index in [9.17, 15) is 0 Å². The average molecular weight is 446 g/mol. The Labute approximate surface area is 206 Å². The second kappa shape index (κ2) is 13.2. The molecule has 4 heteroatoms. The predicted octanol–water partition coefficient (Wildman–Crippen LogP) is 3.77. The molecular formula is C30H36B2N2. The van der Waals surface area contributed by atoms with Crippen LogP contribution in [-0.2, 0) is 0 Å². The van der Waals surface area contributed by atoms with Crippen LogP contribution < -0.4 is 22.1 Å². The summed E-state index contributed by atoms with van der Waals surface area (Å²) in [6.45, 7) is 4.57. The summed E-state index contributed by atoms with van der Waals surface area (Å²) < 4.78 is 0. The first kappa shape index (κ1) is 24.3. The minimum atomic E-state index is 0.400. The molecule has 0 bridgehead atoms. The molecule has 3 aromatic rings. The second-order valence-electron chi connectivity index (χ2n) is 9.23. The van der Waals surface area contributed by atoms with Gasteiger partial charge < -0.3 is 10.6 Å². The maximum atomic E-state index is 6.05. The Hall–Kier alpha value is -2.81. The number of hydrogen-bond donors (Lipinski definition) is 1. The smallest absolute Gasteiger partial charge is 0.210 e. The van der Waals surface area contributed by atoms with E-state index >= 15 is 0 Å². The molecule has 2 N–H and O–H groups in total. The molecule has 0 aromatic heterocycles.